The SMILES string of the molecule is CCCn1nnnc1NCc1ccc(OC)c(Cl)c1. The van der Waals surface area contributed by atoms with Gasteiger partial charge in [-0.25, -0.2) is 4.68 Å². The molecule has 1 heterocycles. The van der Waals surface area contributed by atoms with E-state index in [1.54, 1.807) is 11.8 Å². The maximum atomic E-state index is 6.07. The molecule has 7 heteroatoms. The van der Waals surface area contributed by atoms with Crippen molar-refractivity contribution in [2.75, 3.05) is 12.4 Å². The van der Waals surface area contributed by atoms with E-state index in [0.717, 1.165) is 18.5 Å². The van der Waals surface area contributed by atoms with E-state index in [2.05, 4.69) is 27.8 Å². The summed E-state index contributed by atoms with van der Waals surface area (Å²) < 4.78 is 6.85. The first kappa shape index (κ1) is 13.6. The molecule has 2 rings (SSSR count). The van der Waals surface area contributed by atoms with Gasteiger partial charge in [-0.3, -0.25) is 0 Å². The number of tetrazole rings is 1. The summed E-state index contributed by atoms with van der Waals surface area (Å²) in [6.07, 6.45) is 0.980. The fourth-order valence-corrected chi connectivity index (χ4v) is 1.97. The van der Waals surface area contributed by atoms with Crippen molar-refractivity contribution in [1.29, 1.82) is 0 Å². The van der Waals surface area contributed by atoms with E-state index >= 15 is 0 Å². The van der Waals surface area contributed by atoms with Crippen LogP contribution in [0, 0.1) is 0 Å². The first-order valence-electron chi connectivity index (χ1n) is 6.07. The van der Waals surface area contributed by atoms with Gasteiger partial charge in [0.05, 0.1) is 12.1 Å². The van der Waals surface area contributed by atoms with Crippen LogP contribution in [-0.4, -0.2) is 27.3 Å². The number of benzene rings is 1. The van der Waals surface area contributed by atoms with Gasteiger partial charge in [-0.2, -0.15) is 0 Å². The van der Waals surface area contributed by atoms with Gasteiger partial charge in [-0.05, 0) is 34.5 Å². The number of hydrogen-bond donors (Lipinski definition) is 1. The number of ether oxygens (including phenoxy) is 1. The summed E-state index contributed by atoms with van der Waals surface area (Å²) in [6.45, 7) is 3.47. The smallest absolute Gasteiger partial charge is 0.243 e. The van der Waals surface area contributed by atoms with Crippen molar-refractivity contribution in [3.63, 3.8) is 0 Å². The molecular formula is C12H16ClN5O. The molecule has 0 bridgehead atoms. The normalized spacial score (nSPS) is 10.5. The molecule has 0 atom stereocenters. The van der Waals surface area contributed by atoms with Gasteiger partial charge in [0.2, 0.25) is 5.95 Å². The molecule has 0 unspecified atom stereocenters. The summed E-state index contributed by atoms with van der Waals surface area (Å²) in [7, 11) is 1.60. The summed E-state index contributed by atoms with van der Waals surface area (Å²) in [5, 5.41) is 15.3. The van der Waals surface area contributed by atoms with E-state index in [4.69, 9.17) is 16.3 Å². The lowest BCUT2D eigenvalue weighted by Crippen LogP contribution is -2.08. The van der Waals surface area contributed by atoms with Crippen LogP contribution in [0.25, 0.3) is 0 Å². The van der Waals surface area contributed by atoms with Crippen LogP contribution in [0.15, 0.2) is 18.2 Å². The predicted octanol–water partition coefficient (Wildman–Crippen LogP) is 2.36. The molecule has 0 amide bonds. The molecule has 0 spiro atoms. The summed E-state index contributed by atoms with van der Waals surface area (Å²) in [4.78, 5) is 0. The summed E-state index contributed by atoms with van der Waals surface area (Å²) in [5.41, 5.74) is 1.04. The Bertz CT molecular complexity index is 543. The van der Waals surface area contributed by atoms with E-state index in [0.29, 0.717) is 23.3 Å². The van der Waals surface area contributed by atoms with Gasteiger partial charge < -0.3 is 10.1 Å². The van der Waals surface area contributed by atoms with E-state index in [9.17, 15) is 0 Å². The second kappa shape index (κ2) is 6.38. The number of halogens is 1. The quantitative estimate of drug-likeness (QED) is 0.880. The van der Waals surface area contributed by atoms with Crippen LogP contribution in [0.2, 0.25) is 5.02 Å². The zero-order valence-electron chi connectivity index (χ0n) is 10.9. The van der Waals surface area contributed by atoms with Crippen molar-refractivity contribution < 1.29 is 4.74 Å². The van der Waals surface area contributed by atoms with Crippen LogP contribution in [0.5, 0.6) is 5.75 Å². The summed E-state index contributed by atoms with van der Waals surface area (Å²) >= 11 is 6.07. The molecule has 0 saturated carbocycles. The van der Waals surface area contributed by atoms with Gasteiger partial charge in [0, 0.05) is 13.1 Å². The molecule has 2 aromatic rings. The van der Waals surface area contributed by atoms with Crippen molar-refractivity contribution in [3.8, 4) is 5.75 Å². The maximum Gasteiger partial charge on any atom is 0.243 e. The molecular weight excluding hydrogens is 266 g/mol. The Morgan fingerprint density at radius 3 is 2.95 bits per heavy atom. The Hall–Kier alpha value is -1.82. The highest BCUT2D eigenvalue weighted by atomic mass is 35.5. The van der Waals surface area contributed by atoms with E-state index < -0.39 is 0 Å². The van der Waals surface area contributed by atoms with E-state index in [-0.39, 0.29) is 0 Å². The molecule has 0 aliphatic rings. The summed E-state index contributed by atoms with van der Waals surface area (Å²) in [6, 6.07) is 5.65. The number of nitrogens with one attached hydrogen (secondary N) is 1. The fourth-order valence-electron chi connectivity index (χ4n) is 1.69. The van der Waals surface area contributed by atoms with Crippen molar-refractivity contribution >= 4 is 17.5 Å². The Morgan fingerprint density at radius 1 is 1.42 bits per heavy atom. The number of aromatic nitrogens is 4. The number of rotatable bonds is 6. The highest BCUT2D eigenvalue weighted by Gasteiger charge is 2.06. The molecule has 1 aromatic heterocycles. The van der Waals surface area contributed by atoms with Gasteiger partial charge in [-0.1, -0.05) is 29.7 Å². The standard InChI is InChI=1S/C12H16ClN5O/c1-3-6-18-12(15-16-17-18)14-8-9-4-5-11(19-2)10(13)7-9/h4-5,7H,3,6,8H2,1-2H3,(H,14,15,17). The lowest BCUT2D eigenvalue weighted by atomic mass is 10.2. The van der Waals surface area contributed by atoms with Gasteiger partial charge in [0.15, 0.2) is 0 Å². The number of anilines is 1. The number of hydrogen-bond acceptors (Lipinski definition) is 5. The minimum absolute atomic E-state index is 0.593. The first-order chi connectivity index (χ1) is 9.24. The molecule has 0 radical (unpaired) electrons. The molecule has 1 N–H and O–H groups in total. The Labute approximate surface area is 116 Å². The third-order valence-electron chi connectivity index (χ3n) is 2.63. The molecule has 0 fully saturated rings. The van der Waals surface area contributed by atoms with Crippen molar-refractivity contribution in [2.45, 2.75) is 26.4 Å². The van der Waals surface area contributed by atoms with Gasteiger partial charge >= 0.3 is 0 Å². The minimum Gasteiger partial charge on any atom is -0.495 e. The minimum atomic E-state index is 0.593. The third kappa shape index (κ3) is 3.35. The Balaban J connectivity index is 2.02. The Morgan fingerprint density at radius 2 is 2.26 bits per heavy atom. The zero-order chi connectivity index (χ0) is 13.7. The molecule has 1 aromatic carbocycles. The molecule has 0 saturated heterocycles. The average Bonchev–Trinajstić information content (AvgIpc) is 2.84. The second-order valence-electron chi connectivity index (χ2n) is 4.05. The largest absolute Gasteiger partial charge is 0.495 e. The van der Waals surface area contributed by atoms with Crippen LogP contribution >= 0.6 is 11.6 Å². The lowest BCUT2D eigenvalue weighted by molar-refractivity contribution is 0.415. The molecule has 6 nitrogen and oxygen atoms in total. The topological polar surface area (TPSA) is 64.9 Å². The second-order valence-corrected chi connectivity index (χ2v) is 4.46. The molecule has 0 aliphatic heterocycles. The fraction of sp³-hybridized carbons (Fsp3) is 0.417. The highest BCUT2D eigenvalue weighted by Crippen LogP contribution is 2.25. The number of methoxy groups -OCH3 is 1. The lowest BCUT2D eigenvalue weighted by Gasteiger charge is -2.08. The van der Waals surface area contributed by atoms with Crippen LogP contribution in [0.4, 0.5) is 5.95 Å². The Kier molecular flexibility index (Phi) is 4.57. The van der Waals surface area contributed by atoms with Crippen LogP contribution in [0.3, 0.4) is 0 Å². The zero-order valence-corrected chi connectivity index (χ0v) is 11.7. The third-order valence-corrected chi connectivity index (χ3v) is 2.93. The van der Waals surface area contributed by atoms with Gasteiger partial charge in [0.25, 0.3) is 0 Å². The highest BCUT2D eigenvalue weighted by molar-refractivity contribution is 6.32. The molecule has 102 valence electrons. The number of nitrogens with zero attached hydrogens (tertiary/aromatic N) is 4. The van der Waals surface area contributed by atoms with Crippen LogP contribution in [-0.2, 0) is 13.1 Å². The van der Waals surface area contributed by atoms with Crippen molar-refractivity contribution in [1.82, 2.24) is 20.2 Å². The van der Waals surface area contributed by atoms with Crippen LogP contribution < -0.4 is 10.1 Å². The number of aryl methyl sites for hydroxylation is 1. The van der Waals surface area contributed by atoms with E-state index in [1.807, 2.05) is 18.2 Å². The summed E-state index contributed by atoms with van der Waals surface area (Å²) in [5.74, 6) is 1.33. The monoisotopic (exact) mass is 281 g/mol. The molecule has 19 heavy (non-hydrogen) atoms. The predicted molar refractivity (Wildman–Crippen MR) is 73.4 cm³/mol. The maximum absolute atomic E-state index is 6.07. The first-order valence-corrected chi connectivity index (χ1v) is 6.45. The van der Waals surface area contributed by atoms with Crippen LogP contribution in [0.1, 0.15) is 18.9 Å². The van der Waals surface area contributed by atoms with Crippen molar-refractivity contribution in [2.24, 2.45) is 0 Å². The molecule has 0 aliphatic carbocycles. The average molecular weight is 282 g/mol. The van der Waals surface area contributed by atoms with Gasteiger partial charge in [0.1, 0.15) is 5.75 Å². The van der Waals surface area contributed by atoms with Gasteiger partial charge in [-0.15, -0.1) is 0 Å². The van der Waals surface area contributed by atoms with E-state index in [1.165, 1.54) is 0 Å². The van der Waals surface area contributed by atoms with Crippen molar-refractivity contribution in [3.05, 3.63) is 28.8 Å².